The number of urea groups is 1. The molecular formula is C18H26F3N3O4. The van der Waals surface area contributed by atoms with E-state index in [-0.39, 0.29) is 12.3 Å². The number of nitrogens with one attached hydrogen (secondary N) is 2. The fraction of sp³-hybridized carbons (Fsp3) is 0.556. The first kappa shape index (κ1) is 23.4. The van der Waals surface area contributed by atoms with Gasteiger partial charge in [0.15, 0.2) is 0 Å². The molecule has 10 heteroatoms. The number of benzene rings is 1. The summed E-state index contributed by atoms with van der Waals surface area (Å²) in [5.41, 5.74) is 0.0509. The van der Waals surface area contributed by atoms with Crippen molar-refractivity contribution in [1.29, 1.82) is 0 Å². The van der Waals surface area contributed by atoms with Gasteiger partial charge in [-0.15, -0.1) is 13.2 Å². The van der Waals surface area contributed by atoms with Crippen LogP contribution < -0.4 is 15.4 Å². The maximum Gasteiger partial charge on any atom is 0.573 e. The summed E-state index contributed by atoms with van der Waals surface area (Å²) >= 11 is 0. The Kier molecular flexibility index (Phi) is 8.39. The molecule has 0 atom stereocenters. The lowest BCUT2D eigenvalue weighted by Gasteiger charge is -2.24. The molecule has 1 aromatic rings. The number of alkyl halides is 3. The van der Waals surface area contributed by atoms with Gasteiger partial charge in [0.2, 0.25) is 0 Å². The topological polar surface area (TPSA) is 79.9 Å². The molecule has 1 rings (SSSR count). The molecular weight excluding hydrogens is 379 g/mol. The van der Waals surface area contributed by atoms with Gasteiger partial charge in [0, 0.05) is 26.7 Å². The molecule has 0 aliphatic rings. The van der Waals surface area contributed by atoms with Crippen molar-refractivity contribution in [3.05, 3.63) is 29.8 Å². The molecule has 158 valence electrons. The zero-order valence-corrected chi connectivity index (χ0v) is 16.4. The van der Waals surface area contributed by atoms with Crippen LogP contribution in [-0.2, 0) is 11.3 Å². The van der Waals surface area contributed by atoms with Crippen LogP contribution in [0.3, 0.4) is 0 Å². The minimum Gasteiger partial charge on any atom is -0.444 e. The fourth-order valence-corrected chi connectivity index (χ4v) is 2.00. The summed E-state index contributed by atoms with van der Waals surface area (Å²) in [5.74, 6) is -0.324. The van der Waals surface area contributed by atoms with Crippen molar-refractivity contribution in [2.45, 2.75) is 45.7 Å². The third-order valence-electron chi connectivity index (χ3n) is 3.27. The first-order valence-corrected chi connectivity index (χ1v) is 8.66. The number of carbonyl (C=O) groups excluding carboxylic acids is 2. The fourth-order valence-electron chi connectivity index (χ4n) is 2.00. The minimum atomic E-state index is -4.74. The molecule has 0 aliphatic heterocycles. The molecule has 3 amide bonds. The van der Waals surface area contributed by atoms with Crippen molar-refractivity contribution in [3.63, 3.8) is 0 Å². The average Bonchev–Trinajstić information content (AvgIpc) is 2.55. The van der Waals surface area contributed by atoms with Gasteiger partial charge in [-0.05, 0) is 44.9 Å². The molecule has 0 aliphatic carbocycles. The van der Waals surface area contributed by atoms with Crippen LogP contribution in [0.2, 0.25) is 0 Å². The van der Waals surface area contributed by atoms with E-state index in [2.05, 4.69) is 15.4 Å². The third-order valence-corrected chi connectivity index (χ3v) is 3.27. The van der Waals surface area contributed by atoms with Crippen LogP contribution in [0.1, 0.15) is 32.8 Å². The van der Waals surface area contributed by atoms with E-state index in [1.54, 1.807) is 27.8 Å². The number of rotatable bonds is 7. The van der Waals surface area contributed by atoms with E-state index in [4.69, 9.17) is 4.74 Å². The van der Waals surface area contributed by atoms with Crippen LogP contribution in [0.5, 0.6) is 5.75 Å². The van der Waals surface area contributed by atoms with Crippen molar-refractivity contribution < 1.29 is 32.2 Å². The predicted molar refractivity (Wildman–Crippen MR) is 96.8 cm³/mol. The molecule has 0 aromatic heterocycles. The predicted octanol–water partition coefficient (Wildman–Crippen LogP) is 3.64. The SMILES string of the molecule is CN(CCCNC(=O)NCc1ccc(OC(F)(F)F)cc1)C(=O)OC(C)(C)C. The second kappa shape index (κ2) is 10.0. The zero-order valence-electron chi connectivity index (χ0n) is 16.4. The first-order chi connectivity index (χ1) is 12.9. The maximum absolute atomic E-state index is 12.1. The van der Waals surface area contributed by atoms with E-state index in [1.807, 2.05) is 0 Å². The van der Waals surface area contributed by atoms with Crippen molar-refractivity contribution in [2.24, 2.45) is 0 Å². The Labute approximate surface area is 162 Å². The molecule has 0 unspecified atom stereocenters. The number of ether oxygens (including phenoxy) is 2. The van der Waals surface area contributed by atoms with Crippen LogP contribution in [0.15, 0.2) is 24.3 Å². The van der Waals surface area contributed by atoms with Gasteiger partial charge in [-0.2, -0.15) is 0 Å². The monoisotopic (exact) mass is 405 g/mol. The van der Waals surface area contributed by atoms with Crippen LogP contribution in [0.25, 0.3) is 0 Å². The molecule has 0 heterocycles. The van der Waals surface area contributed by atoms with Crippen molar-refractivity contribution in [2.75, 3.05) is 20.1 Å². The Morgan fingerprint density at radius 2 is 1.68 bits per heavy atom. The van der Waals surface area contributed by atoms with Gasteiger partial charge in [0.25, 0.3) is 0 Å². The van der Waals surface area contributed by atoms with E-state index in [1.165, 1.54) is 29.2 Å². The molecule has 7 nitrogen and oxygen atoms in total. The van der Waals surface area contributed by atoms with E-state index < -0.39 is 24.1 Å². The van der Waals surface area contributed by atoms with E-state index >= 15 is 0 Å². The van der Waals surface area contributed by atoms with Crippen LogP contribution in [0, 0.1) is 0 Å². The number of hydrogen-bond donors (Lipinski definition) is 2. The highest BCUT2D eigenvalue weighted by Crippen LogP contribution is 2.22. The Morgan fingerprint density at radius 1 is 1.07 bits per heavy atom. The first-order valence-electron chi connectivity index (χ1n) is 8.66. The molecule has 28 heavy (non-hydrogen) atoms. The van der Waals surface area contributed by atoms with Crippen LogP contribution in [-0.4, -0.2) is 49.1 Å². The molecule has 0 radical (unpaired) electrons. The summed E-state index contributed by atoms with van der Waals surface area (Å²) in [6.07, 6.45) is -4.64. The lowest BCUT2D eigenvalue weighted by molar-refractivity contribution is -0.274. The highest BCUT2D eigenvalue weighted by molar-refractivity contribution is 5.73. The average molecular weight is 405 g/mol. The smallest absolute Gasteiger partial charge is 0.444 e. The summed E-state index contributed by atoms with van der Waals surface area (Å²) in [4.78, 5) is 24.9. The van der Waals surface area contributed by atoms with Gasteiger partial charge in [-0.25, -0.2) is 9.59 Å². The lowest BCUT2D eigenvalue weighted by Crippen LogP contribution is -2.38. The zero-order chi connectivity index (χ0) is 21.4. The second-order valence-electron chi connectivity index (χ2n) is 7.06. The van der Waals surface area contributed by atoms with E-state index in [0.717, 1.165) is 0 Å². The van der Waals surface area contributed by atoms with E-state index in [9.17, 15) is 22.8 Å². The minimum absolute atomic E-state index is 0.149. The molecule has 0 saturated heterocycles. The molecule has 0 saturated carbocycles. The highest BCUT2D eigenvalue weighted by Gasteiger charge is 2.30. The summed E-state index contributed by atoms with van der Waals surface area (Å²) in [5, 5.41) is 5.23. The van der Waals surface area contributed by atoms with Crippen LogP contribution >= 0.6 is 0 Å². The Hall–Kier alpha value is -2.65. The number of amides is 3. The standard InChI is InChI=1S/C18H26F3N3O4/c1-17(2,3)28-16(26)24(4)11-5-10-22-15(25)23-12-13-6-8-14(9-7-13)27-18(19,20)21/h6-9H,5,10-12H2,1-4H3,(H2,22,23,25). The summed E-state index contributed by atoms with van der Waals surface area (Å²) < 4.78 is 45.3. The molecule has 1 aromatic carbocycles. The largest absolute Gasteiger partial charge is 0.573 e. The maximum atomic E-state index is 12.1. The lowest BCUT2D eigenvalue weighted by atomic mass is 10.2. The van der Waals surface area contributed by atoms with Crippen molar-refractivity contribution >= 4 is 12.1 Å². The van der Waals surface area contributed by atoms with Gasteiger partial charge in [0.05, 0.1) is 0 Å². The van der Waals surface area contributed by atoms with Gasteiger partial charge < -0.3 is 25.0 Å². The molecule has 2 N–H and O–H groups in total. The molecule has 0 fully saturated rings. The van der Waals surface area contributed by atoms with Gasteiger partial charge in [-0.1, -0.05) is 12.1 Å². The number of halogens is 3. The van der Waals surface area contributed by atoms with E-state index in [0.29, 0.717) is 25.1 Å². The number of hydrogen-bond acceptors (Lipinski definition) is 4. The summed E-state index contributed by atoms with van der Waals surface area (Å²) in [6, 6.07) is 4.79. The van der Waals surface area contributed by atoms with Crippen LogP contribution in [0.4, 0.5) is 22.8 Å². The Balaban J connectivity index is 2.24. The quantitative estimate of drug-likeness (QED) is 0.679. The number of carbonyl (C=O) groups is 2. The highest BCUT2D eigenvalue weighted by atomic mass is 19.4. The van der Waals surface area contributed by atoms with Gasteiger partial charge >= 0.3 is 18.5 Å². The van der Waals surface area contributed by atoms with Gasteiger partial charge in [-0.3, -0.25) is 0 Å². The molecule has 0 bridgehead atoms. The Bertz CT molecular complexity index is 643. The van der Waals surface area contributed by atoms with Crippen molar-refractivity contribution in [3.8, 4) is 5.75 Å². The van der Waals surface area contributed by atoms with Crippen molar-refractivity contribution in [1.82, 2.24) is 15.5 Å². The second-order valence-corrected chi connectivity index (χ2v) is 7.06. The number of nitrogens with zero attached hydrogens (tertiary/aromatic N) is 1. The Morgan fingerprint density at radius 3 is 2.21 bits per heavy atom. The molecule has 0 spiro atoms. The summed E-state index contributed by atoms with van der Waals surface area (Å²) in [6.45, 7) is 6.24. The van der Waals surface area contributed by atoms with Gasteiger partial charge in [0.1, 0.15) is 11.4 Å². The third kappa shape index (κ3) is 10.5. The summed E-state index contributed by atoms with van der Waals surface area (Å²) in [7, 11) is 1.61. The normalized spacial score (nSPS) is 11.5.